The van der Waals surface area contributed by atoms with Crippen molar-refractivity contribution >= 4 is 11.8 Å². The minimum atomic E-state index is -0.712. The van der Waals surface area contributed by atoms with E-state index >= 15 is 0 Å². The molecule has 0 amide bonds. The summed E-state index contributed by atoms with van der Waals surface area (Å²) in [5.41, 5.74) is 0.469. The van der Waals surface area contributed by atoms with E-state index in [1.807, 2.05) is 6.92 Å². The molecule has 0 saturated carbocycles. The fourth-order valence-corrected chi connectivity index (χ4v) is 1.72. The zero-order valence-corrected chi connectivity index (χ0v) is 10.5. The van der Waals surface area contributed by atoms with E-state index in [1.165, 1.54) is 6.26 Å². The van der Waals surface area contributed by atoms with Crippen LogP contribution in [0.3, 0.4) is 0 Å². The lowest BCUT2D eigenvalue weighted by molar-refractivity contribution is -0.146. The number of hydrogen-bond acceptors (Lipinski definition) is 4. The van der Waals surface area contributed by atoms with Gasteiger partial charge in [0.1, 0.15) is 11.7 Å². The lowest BCUT2D eigenvalue weighted by Gasteiger charge is -2.12. The first-order valence-corrected chi connectivity index (χ1v) is 5.86. The molecule has 4 nitrogen and oxygen atoms in total. The van der Waals surface area contributed by atoms with Gasteiger partial charge in [0.25, 0.3) is 0 Å². The van der Waals surface area contributed by atoms with Crippen molar-refractivity contribution in [3.63, 3.8) is 0 Å². The standard InChI is InChI=1S/C13H18O4/c1-4-6-11(13(15)16-5-2)12(14)10-7-8-17-9(10)3/h7-8,11H,4-6H2,1-3H3. The zero-order chi connectivity index (χ0) is 12.8. The lowest BCUT2D eigenvalue weighted by Crippen LogP contribution is -2.26. The van der Waals surface area contributed by atoms with Crippen LogP contribution in [0.25, 0.3) is 0 Å². The molecule has 0 radical (unpaired) electrons. The van der Waals surface area contributed by atoms with Crippen LogP contribution in [-0.4, -0.2) is 18.4 Å². The summed E-state index contributed by atoms with van der Waals surface area (Å²) in [6.07, 6.45) is 2.71. The first-order chi connectivity index (χ1) is 8.11. The third-order valence-electron chi connectivity index (χ3n) is 2.59. The van der Waals surface area contributed by atoms with E-state index in [9.17, 15) is 9.59 Å². The Hall–Kier alpha value is -1.58. The summed E-state index contributed by atoms with van der Waals surface area (Å²) in [4.78, 5) is 23.9. The van der Waals surface area contributed by atoms with Crippen LogP contribution in [-0.2, 0) is 9.53 Å². The second-order valence-corrected chi connectivity index (χ2v) is 3.85. The van der Waals surface area contributed by atoms with E-state index in [0.29, 0.717) is 17.7 Å². The van der Waals surface area contributed by atoms with Gasteiger partial charge in [-0.1, -0.05) is 13.3 Å². The third kappa shape index (κ3) is 3.19. The molecule has 1 aromatic rings. The highest BCUT2D eigenvalue weighted by molar-refractivity contribution is 6.09. The maximum absolute atomic E-state index is 12.2. The highest BCUT2D eigenvalue weighted by atomic mass is 16.5. The van der Waals surface area contributed by atoms with Crippen LogP contribution in [0.15, 0.2) is 16.7 Å². The second-order valence-electron chi connectivity index (χ2n) is 3.85. The van der Waals surface area contributed by atoms with Gasteiger partial charge < -0.3 is 9.15 Å². The van der Waals surface area contributed by atoms with Crippen molar-refractivity contribution in [1.29, 1.82) is 0 Å². The fourth-order valence-electron chi connectivity index (χ4n) is 1.72. The van der Waals surface area contributed by atoms with Gasteiger partial charge in [0, 0.05) is 0 Å². The van der Waals surface area contributed by atoms with Crippen molar-refractivity contribution in [1.82, 2.24) is 0 Å². The Balaban J connectivity index is 2.88. The van der Waals surface area contributed by atoms with E-state index in [0.717, 1.165) is 6.42 Å². The van der Waals surface area contributed by atoms with Gasteiger partial charge in [-0.3, -0.25) is 9.59 Å². The number of esters is 1. The monoisotopic (exact) mass is 238 g/mol. The molecule has 0 aromatic carbocycles. The van der Waals surface area contributed by atoms with Crippen molar-refractivity contribution in [2.75, 3.05) is 6.61 Å². The molecular formula is C13H18O4. The Morgan fingerprint density at radius 3 is 2.59 bits per heavy atom. The molecule has 1 heterocycles. The Kier molecular flexibility index (Phi) is 4.94. The minimum absolute atomic E-state index is 0.212. The smallest absolute Gasteiger partial charge is 0.316 e. The Morgan fingerprint density at radius 2 is 2.12 bits per heavy atom. The maximum Gasteiger partial charge on any atom is 0.316 e. The molecule has 1 aromatic heterocycles. The SMILES string of the molecule is CCCC(C(=O)OCC)C(=O)c1ccoc1C. The number of carbonyl (C=O) groups excluding carboxylic acids is 2. The molecule has 0 aliphatic carbocycles. The van der Waals surface area contributed by atoms with Gasteiger partial charge in [0.2, 0.25) is 0 Å². The predicted molar refractivity (Wildman–Crippen MR) is 62.8 cm³/mol. The van der Waals surface area contributed by atoms with E-state index in [4.69, 9.17) is 9.15 Å². The summed E-state index contributed by atoms with van der Waals surface area (Å²) in [6, 6.07) is 1.60. The summed E-state index contributed by atoms with van der Waals surface area (Å²) < 4.78 is 10.0. The number of hydrogen-bond donors (Lipinski definition) is 0. The van der Waals surface area contributed by atoms with E-state index in [2.05, 4.69) is 0 Å². The van der Waals surface area contributed by atoms with Gasteiger partial charge in [-0.15, -0.1) is 0 Å². The summed E-state index contributed by atoms with van der Waals surface area (Å²) >= 11 is 0. The molecule has 0 saturated heterocycles. The number of furan rings is 1. The average Bonchev–Trinajstić information content (AvgIpc) is 2.71. The van der Waals surface area contributed by atoms with Crippen LogP contribution in [0.4, 0.5) is 0 Å². The van der Waals surface area contributed by atoms with Crippen molar-refractivity contribution in [3.8, 4) is 0 Å². The highest BCUT2D eigenvalue weighted by Gasteiger charge is 2.29. The maximum atomic E-state index is 12.2. The zero-order valence-electron chi connectivity index (χ0n) is 10.5. The van der Waals surface area contributed by atoms with Gasteiger partial charge in [0.05, 0.1) is 18.4 Å². The normalized spacial score (nSPS) is 12.2. The van der Waals surface area contributed by atoms with Crippen LogP contribution in [0.5, 0.6) is 0 Å². The first kappa shape index (κ1) is 13.5. The molecular weight excluding hydrogens is 220 g/mol. The largest absolute Gasteiger partial charge is 0.469 e. The number of carbonyl (C=O) groups is 2. The second kappa shape index (κ2) is 6.23. The van der Waals surface area contributed by atoms with Crippen LogP contribution >= 0.6 is 0 Å². The van der Waals surface area contributed by atoms with Crippen molar-refractivity contribution in [2.24, 2.45) is 5.92 Å². The molecule has 0 bridgehead atoms. The van der Waals surface area contributed by atoms with Crippen LogP contribution in [0, 0.1) is 12.8 Å². The van der Waals surface area contributed by atoms with Crippen molar-refractivity contribution < 1.29 is 18.7 Å². The molecule has 1 rings (SSSR count). The summed E-state index contributed by atoms with van der Waals surface area (Å²) in [5, 5.41) is 0. The van der Waals surface area contributed by atoms with Gasteiger partial charge in [-0.05, 0) is 26.3 Å². The molecule has 4 heteroatoms. The summed E-state index contributed by atoms with van der Waals surface area (Å²) in [7, 11) is 0. The summed E-state index contributed by atoms with van der Waals surface area (Å²) in [6.45, 7) is 5.66. The molecule has 0 N–H and O–H groups in total. The highest BCUT2D eigenvalue weighted by Crippen LogP contribution is 2.19. The lowest BCUT2D eigenvalue weighted by atomic mass is 9.94. The molecule has 1 atom stereocenters. The Bertz CT molecular complexity index is 392. The topological polar surface area (TPSA) is 56.5 Å². The first-order valence-electron chi connectivity index (χ1n) is 5.86. The average molecular weight is 238 g/mol. The Labute approximate surface area is 101 Å². The summed E-state index contributed by atoms with van der Waals surface area (Å²) in [5.74, 6) is -0.826. The van der Waals surface area contributed by atoms with Crippen LogP contribution in [0.2, 0.25) is 0 Å². The minimum Gasteiger partial charge on any atom is -0.469 e. The predicted octanol–water partition coefficient (Wildman–Crippen LogP) is 2.75. The number of aryl methyl sites for hydroxylation is 1. The molecule has 1 unspecified atom stereocenters. The number of ether oxygens (including phenoxy) is 1. The molecule has 0 fully saturated rings. The van der Waals surface area contributed by atoms with Gasteiger partial charge in [-0.25, -0.2) is 0 Å². The molecule has 0 aliphatic rings. The van der Waals surface area contributed by atoms with Crippen molar-refractivity contribution in [3.05, 3.63) is 23.7 Å². The van der Waals surface area contributed by atoms with Crippen LogP contribution in [0.1, 0.15) is 42.8 Å². The van der Waals surface area contributed by atoms with Crippen molar-refractivity contribution in [2.45, 2.75) is 33.6 Å². The van der Waals surface area contributed by atoms with Gasteiger partial charge >= 0.3 is 5.97 Å². The van der Waals surface area contributed by atoms with E-state index in [-0.39, 0.29) is 12.4 Å². The molecule has 0 aliphatic heterocycles. The molecule has 94 valence electrons. The molecule has 0 spiro atoms. The number of Topliss-reactive ketones (excluding diaryl/α,β-unsaturated/α-hetero) is 1. The molecule has 17 heavy (non-hydrogen) atoms. The fraction of sp³-hybridized carbons (Fsp3) is 0.538. The van der Waals surface area contributed by atoms with Crippen LogP contribution < -0.4 is 0 Å². The quantitative estimate of drug-likeness (QED) is 0.434. The number of ketones is 1. The Morgan fingerprint density at radius 1 is 1.41 bits per heavy atom. The third-order valence-corrected chi connectivity index (χ3v) is 2.59. The van der Waals surface area contributed by atoms with Gasteiger partial charge in [0.15, 0.2) is 5.78 Å². The van der Waals surface area contributed by atoms with E-state index < -0.39 is 11.9 Å². The van der Waals surface area contributed by atoms with E-state index in [1.54, 1.807) is 19.9 Å². The van der Waals surface area contributed by atoms with Gasteiger partial charge in [-0.2, -0.15) is 0 Å². The number of rotatable bonds is 6.